The number of nitrogens with one attached hydrogen (secondary N) is 1. The van der Waals surface area contributed by atoms with Crippen molar-refractivity contribution in [2.24, 2.45) is 0 Å². The predicted molar refractivity (Wildman–Crippen MR) is 131 cm³/mol. The van der Waals surface area contributed by atoms with E-state index in [4.69, 9.17) is 9.47 Å². The number of morpholine rings is 1. The summed E-state index contributed by atoms with van der Waals surface area (Å²) in [5, 5.41) is 0. The summed E-state index contributed by atoms with van der Waals surface area (Å²) >= 11 is 0. The number of aryl methyl sites for hydroxylation is 2. The number of ether oxygens (including phenoxy) is 2. The quantitative estimate of drug-likeness (QED) is 0.457. The fourth-order valence-electron chi connectivity index (χ4n) is 4.44. The number of H-pyrrole nitrogens is 1. The Balaban J connectivity index is 1.36. The van der Waals surface area contributed by atoms with Crippen molar-refractivity contribution in [1.29, 1.82) is 0 Å². The number of fused-ring (bicyclic) bond motifs is 1. The van der Waals surface area contributed by atoms with Crippen molar-refractivity contribution in [3.05, 3.63) is 75.8 Å². The topological polar surface area (TPSA) is 85.3 Å². The SMILES string of the molecule is Cc1cc(-c2nc3ncn(Cc4ccccc4)c3c(=O)[nH]2)cc(C)c1OCCN1CCOCC1. The molecule has 8 nitrogen and oxygen atoms in total. The second-order valence-corrected chi connectivity index (χ2v) is 8.69. The molecule has 1 saturated heterocycles. The second kappa shape index (κ2) is 9.79. The summed E-state index contributed by atoms with van der Waals surface area (Å²) in [7, 11) is 0. The number of aromatic amines is 1. The largest absolute Gasteiger partial charge is 0.492 e. The fourth-order valence-corrected chi connectivity index (χ4v) is 4.44. The molecule has 34 heavy (non-hydrogen) atoms. The molecule has 1 aliphatic heterocycles. The number of benzene rings is 2. The Bertz CT molecular complexity index is 1320. The number of imidazole rings is 1. The molecule has 0 spiro atoms. The maximum atomic E-state index is 13.0. The average Bonchev–Trinajstić information content (AvgIpc) is 3.25. The van der Waals surface area contributed by atoms with Gasteiger partial charge in [0.25, 0.3) is 5.56 Å². The molecular formula is C26H29N5O3. The molecule has 5 rings (SSSR count). The number of hydrogen-bond acceptors (Lipinski definition) is 6. The van der Waals surface area contributed by atoms with Gasteiger partial charge in [0.2, 0.25) is 0 Å². The molecule has 1 fully saturated rings. The van der Waals surface area contributed by atoms with Gasteiger partial charge in [0, 0.05) is 31.7 Å². The summed E-state index contributed by atoms with van der Waals surface area (Å²) in [6.07, 6.45) is 1.67. The first-order valence-electron chi connectivity index (χ1n) is 11.6. The van der Waals surface area contributed by atoms with Crippen LogP contribution in [0.1, 0.15) is 16.7 Å². The van der Waals surface area contributed by atoms with Crippen molar-refractivity contribution < 1.29 is 9.47 Å². The lowest BCUT2D eigenvalue weighted by molar-refractivity contribution is 0.0322. The van der Waals surface area contributed by atoms with E-state index in [0.29, 0.717) is 30.1 Å². The lowest BCUT2D eigenvalue weighted by Crippen LogP contribution is -2.38. The van der Waals surface area contributed by atoms with Crippen LogP contribution in [0.5, 0.6) is 5.75 Å². The molecule has 0 unspecified atom stereocenters. The van der Waals surface area contributed by atoms with Gasteiger partial charge in [-0.3, -0.25) is 9.69 Å². The monoisotopic (exact) mass is 459 g/mol. The molecule has 2 aromatic carbocycles. The van der Waals surface area contributed by atoms with Gasteiger partial charge in [-0.05, 0) is 42.7 Å². The normalized spacial score (nSPS) is 14.5. The Kier molecular flexibility index (Phi) is 6.42. The summed E-state index contributed by atoms with van der Waals surface area (Å²) in [4.78, 5) is 27.3. The van der Waals surface area contributed by atoms with Crippen LogP contribution in [0.4, 0.5) is 0 Å². The number of nitrogens with zero attached hydrogens (tertiary/aromatic N) is 4. The molecule has 2 aromatic heterocycles. The molecule has 0 radical (unpaired) electrons. The van der Waals surface area contributed by atoms with Crippen LogP contribution in [-0.4, -0.2) is 63.9 Å². The zero-order valence-electron chi connectivity index (χ0n) is 19.6. The van der Waals surface area contributed by atoms with Gasteiger partial charge in [-0.2, -0.15) is 0 Å². The maximum absolute atomic E-state index is 13.0. The Morgan fingerprint density at radius 3 is 2.56 bits per heavy atom. The van der Waals surface area contributed by atoms with Gasteiger partial charge < -0.3 is 19.0 Å². The van der Waals surface area contributed by atoms with E-state index < -0.39 is 0 Å². The van der Waals surface area contributed by atoms with Crippen LogP contribution in [0.25, 0.3) is 22.6 Å². The highest BCUT2D eigenvalue weighted by molar-refractivity contribution is 5.73. The highest BCUT2D eigenvalue weighted by atomic mass is 16.5. The molecule has 0 amide bonds. The van der Waals surface area contributed by atoms with Gasteiger partial charge in [0.15, 0.2) is 11.2 Å². The van der Waals surface area contributed by atoms with Crippen molar-refractivity contribution in [3.63, 3.8) is 0 Å². The Labute approximate surface area is 198 Å². The van der Waals surface area contributed by atoms with Crippen molar-refractivity contribution in [2.75, 3.05) is 39.5 Å². The minimum Gasteiger partial charge on any atom is -0.492 e. The molecule has 3 heterocycles. The molecule has 8 heteroatoms. The molecule has 4 aromatic rings. The third-order valence-electron chi connectivity index (χ3n) is 6.17. The average molecular weight is 460 g/mol. The summed E-state index contributed by atoms with van der Waals surface area (Å²) < 4.78 is 13.4. The van der Waals surface area contributed by atoms with E-state index >= 15 is 0 Å². The van der Waals surface area contributed by atoms with Crippen LogP contribution in [0, 0.1) is 13.8 Å². The fraction of sp³-hybridized carbons (Fsp3) is 0.346. The minimum atomic E-state index is -0.199. The Hall–Kier alpha value is -3.49. The Morgan fingerprint density at radius 1 is 1.09 bits per heavy atom. The summed E-state index contributed by atoms with van der Waals surface area (Å²) in [6.45, 7) is 9.57. The van der Waals surface area contributed by atoms with Gasteiger partial charge in [-0.15, -0.1) is 0 Å². The van der Waals surface area contributed by atoms with Crippen LogP contribution in [0.2, 0.25) is 0 Å². The minimum absolute atomic E-state index is 0.199. The molecular weight excluding hydrogens is 430 g/mol. The zero-order valence-corrected chi connectivity index (χ0v) is 19.6. The van der Waals surface area contributed by atoms with E-state index in [1.807, 2.05) is 60.9 Å². The van der Waals surface area contributed by atoms with Crippen LogP contribution in [-0.2, 0) is 11.3 Å². The van der Waals surface area contributed by atoms with E-state index in [1.54, 1.807) is 6.33 Å². The first-order chi connectivity index (χ1) is 16.6. The lowest BCUT2D eigenvalue weighted by Gasteiger charge is -2.26. The zero-order chi connectivity index (χ0) is 23.5. The highest BCUT2D eigenvalue weighted by Gasteiger charge is 2.15. The number of hydrogen-bond donors (Lipinski definition) is 1. The van der Waals surface area contributed by atoms with E-state index in [0.717, 1.165) is 60.9 Å². The Morgan fingerprint density at radius 2 is 1.82 bits per heavy atom. The van der Waals surface area contributed by atoms with Crippen molar-refractivity contribution in [1.82, 2.24) is 24.4 Å². The molecule has 0 bridgehead atoms. The molecule has 0 saturated carbocycles. The number of aromatic nitrogens is 4. The van der Waals surface area contributed by atoms with Crippen LogP contribution < -0.4 is 10.3 Å². The predicted octanol–water partition coefficient (Wildman–Crippen LogP) is 3.16. The van der Waals surface area contributed by atoms with Gasteiger partial charge in [-0.1, -0.05) is 30.3 Å². The van der Waals surface area contributed by atoms with Crippen molar-refractivity contribution in [2.45, 2.75) is 20.4 Å². The maximum Gasteiger partial charge on any atom is 0.277 e. The van der Waals surface area contributed by atoms with E-state index in [2.05, 4.69) is 19.9 Å². The first-order valence-corrected chi connectivity index (χ1v) is 11.6. The molecule has 1 N–H and O–H groups in total. The molecule has 0 aliphatic carbocycles. The standard InChI is InChI=1S/C26H29N5O3/c1-18-14-21(15-19(2)23(18)34-13-10-30-8-11-33-12-9-30)24-28-25-22(26(32)29-24)31(17-27-25)16-20-6-4-3-5-7-20/h3-7,14-15,17H,8-13,16H2,1-2H3,(H,28,29,32). The van der Waals surface area contributed by atoms with Gasteiger partial charge in [-0.25, -0.2) is 9.97 Å². The lowest BCUT2D eigenvalue weighted by atomic mass is 10.1. The van der Waals surface area contributed by atoms with Crippen LogP contribution in [0.3, 0.4) is 0 Å². The number of rotatable bonds is 7. The van der Waals surface area contributed by atoms with Crippen molar-refractivity contribution in [3.8, 4) is 17.1 Å². The van der Waals surface area contributed by atoms with E-state index in [-0.39, 0.29) is 5.56 Å². The van der Waals surface area contributed by atoms with Gasteiger partial charge in [0.05, 0.1) is 19.5 Å². The van der Waals surface area contributed by atoms with Crippen LogP contribution in [0.15, 0.2) is 53.6 Å². The molecule has 1 aliphatic rings. The summed E-state index contributed by atoms with van der Waals surface area (Å²) in [5.41, 5.74) is 4.67. The third-order valence-corrected chi connectivity index (χ3v) is 6.17. The summed E-state index contributed by atoms with van der Waals surface area (Å²) in [6, 6.07) is 14.0. The van der Waals surface area contributed by atoms with Gasteiger partial charge >= 0.3 is 0 Å². The van der Waals surface area contributed by atoms with E-state index in [9.17, 15) is 4.79 Å². The smallest absolute Gasteiger partial charge is 0.277 e. The van der Waals surface area contributed by atoms with E-state index in [1.165, 1.54) is 0 Å². The molecule has 176 valence electrons. The highest BCUT2D eigenvalue weighted by Crippen LogP contribution is 2.29. The third kappa shape index (κ3) is 4.73. The second-order valence-electron chi connectivity index (χ2n) is 8.69. The summed E-state index contributed by atoms with van der Waals surface area (Å²) in [5.74, 6) is 1.39. The molecule has 0 atom stereocenters. The van der Waals surface area contributed by atoms with Crippen molar-refractivity contribution >= 4 is 11.2 Å². The first kappa shape index (κ1) is 22.3. The van der Waals surface area contributed by atoms with Crippen LogP contribution >= 0.6 is 0 Å². The van der Waals surface area contributed by atoms with Gasteiger partial charge in [0.1, 0.15) is 18.2 Å².